The van der Waals surface area contributed by atoms with Crippen LogP contribution < -0.4 is 20.7 Å². The maximum atomic E-state index is 15.6. The van der Waals surface area contributed by atoms with Crippen LogP contribution in [0, 0.1) is 0 Å². The van der Waals surface area contributed by atoms with Gasteiger partial charge in [-0.2, -0.15) is 15.1 Å². The topological polar surface area (TPSA) is 196 Å². The molecule has 0 saturated carbocycles. The van der Waals surface area contributed by atoms with Crippen LogP contribution in [0.5, 0.6) is 5.75 Å². The average molecular weight is 574 g/mol. The molecule has 3 aromatic rings. The molecule has 0 radical (unpaired) electrons. The van der Waals surface area contributed by atoms with Crippen molar-refractivity contribution in [1.29, 1.82) is 0 Å². The van der Waals surface area contributed by atoms with Gasteiger partial charge in [-0.15, -0.1) is 0 Å². The number of nitrogen functional groups attached to an aromatic ring is 1. The monoisotopic (exact) mass is 573 g/mol. The third-order valence-electron chi connectivity index (χ3n) is 5.71. The summed E-state index contributed by atoms with van der Waals surface area (Å²) in [5.41, 5.74) is 6.07. The van der Waals surface area contributed by atoms with E-state index >= 15 is 4.39 Å². The molecule has 1 aliphatic heterocycles. The van der Waals surface area contributed by atoms with Crippen molar-refractivity contribution in [1.82, 2.24) is 24.6 Å². The highest BCUT2D eigenvalue weighted by Gasteiger charge is 2.58. The molecule has 4 rings (SSSR count). The van der Waals surface area contributed by atoms with Crippen LogP contribution in [0.3, 0.4) is 0 Å². The van der Waals surface area contributed by atoms with Crippen molar-refractivity contribution in [3.8, 4) is 5.75 Å². The number of carboxylic acid groups (broad SMARTS) is 1. The Morgan fingerprint density at radius 3 is 2.74 bits per heavy atom. The number of para-hydroxylation sites is 1. The number of aliphatic hydroxyl groups excluding tert-OH is 1. The third kappa shape index (κ3) is 5.53. The number of benzene rings is 1. The van der Waals surface area contributed by atoms with E-state index in [1.807, 2.05) is 0 Å². The van der Waals surface area contributed by atoms with Gasteiger partial charge in [-0.3, -0.25) is 13.9 Å². The molecule has 38 heavy (non-hydrogen) atoms. The van der Waals surface area contributed by atoms with Crippen LogP contribution in [0.25, 0.3) is 11.2 Å². The minimum atomic E-state index is -4.38. The normalized spacial score (nSPS) is 25.7. The lowest BCUT2D eigenvalue weighted by Gasteiger charge is -2.24. The lowest BCUT2D eigenvalue weighted by Crippen LogP contribution is -2.40. The maximum absolute atomic E-state index is 15.6. The van der Waals surface area contributed by atoms with Gasteiger partial charge >= 0.3 is 13.7 Å². The van der Waals surface area contributed by atoms with Crippen molar-refractivity contribution >= 4 is 48.2 Å². The molecule has 1 aliphatic rings. The van der Waals surface area contributed by atoms with Gasteiger partial charge in [0.05, 0.1) is 12.9 Å². The summed E-state index contributed by atoms with van der Waals surface area (Å²) in [6.45, 7) is 0.873. The highest BCUT2D eigenvalue weighted by Crippen LogP contribution is 2.49. The first-order valence-electron chi connectivity index (χ1n) is 11.4. The van der Waals surface area contributed by atoms with Crippen LogP contribution in [0.2, 0.25) is 0 Å². The fourth-order valence-electron chi connectivity index (χ4n) is 3.78. The second-order valence-corrected chi connectivity index (χ2v) is 10.5. The number of aliphatic hydroxyl groups is 1. The average Bonchev–Trinajstić information content (AvgIpc) is 3.39. The van der Waals surface area contributed by atoms with Crippen LogP contribution in [-0.2, 0) is 18.6 Å². The molecule has 0 amide bonds. The summed E-state index contributed by atoms with van der Waals surface area (Å²) in [6, 6.07) is 6.60. The Hall–Kier alpha value is -3.07. The number of carboxylic acids is 1. The Morgan fingerprint density at radius 2 is 2.11 bits per heavy atom. The van der Waals surface area contributed by atoms with Crippen LogP contribution in [0.4, 0.5) is 16.2 Å². The molecule has 1 fully saturated rings. The van der Waals surface area contributed by atoms with Gasteiger partial charge in [-0.05, 0) is 18.6 Å². The maximum Gasteiger partial charge on any atom is 0.459 e. The SMILES string of the molecule is CC[C@H](NP(=O)(OC[C@H]1O[C@@H](n2cnc3c(NC)nc(N)nc32)[C@@](F)(Cl)[C@@H]1O)Oc1ccccc1)C(=O)O. The molecule has 2 aromatic heterocycles. The number of nitrogens with zero attached hydrogens (tertiary/aromatic N) is 4. The van der Waals surface area contributed by atoms with E-state index in [1.54, 1.807) is 32.2 Å². The summed E-state index contributed by atoms with van der Waals surface area (Å²) < 4.78 is 46.9. The quantitative estimate of drug-likeness (QED) is 0.166. The minimum absolute atomic E-state index is 0.0496. The molecule has 206 valence electrons. The molecule has 0 spiro atoms. The molecule has 3 heterocycles. The number of fused-ring (bicyclic) bond motifs is 1. The number of halogens is 2. The van der Waals surface area contributed by atoms with Crippen LogP contribution in [-0.4, -0.2) is 72.7 Å². The Kier molecular flexibility index (Phi) is 8.06. The Bertz CT molecular complexity index is 1350. The van der Waals surface area contributed by atoms with Crippen LogP contribution in [0.15, 0.2) is 36.7 Å². The Morgan fingerprint density at radius 1 is 1.39 bits per heavy atom. The largest absolute Gasteiger partial charge is 0.480 e. The number of hydrogen-bond donors (Lipinski definition) is 5. The first-order valence-corrected chi connectivity index (χ1v) is 13.3. The van der Waals surface area contributed by atoms with E-state index in [1.165, 1.54) is 18.5 Å². The molecule has 1 unspecified atom stereocenters. The number of anilines is 2. The second-order valence-electron chi connectivity index (χ2n) is 8.28. The van der Waals surface area contributed by atoms with E-state index in [0.717, 1.165) is 4.57 Å². The van der Waals surface area contributed by atoms with Gasteiger partial charge in [0.1, 0.15) is 24.0 Å². The zero-order valence-corrected chi connectivity index (χ0v) is 21.8. The number of nitrogens with one attached hydrogen (secondary N) is 2. The number of imidazole rings is 1. The summed E-state index contributed by atoms with van der Waals surface area (Å²) >= 11 is 6.08. The van der Waals surface area contributed by atoms with Crippen molar-refractivity contribution < 1.29 is 37.7 Å². The molecule has 1 aromatic carbocycles. The van der Waals surface area contributed by atoms with Gasteiger partial charge in [-0.25, -0.2) is 13.9 Å². The molecule has 6 atom stereocenters. The number of aliphatic carboxylic acids is 1. The summed E-state index contributed by atoms with van der Waals surface area (Å²) in [5, 5.41) is 22.3. The lowest BCUT2D eigenvalue weighted by atomic mass is 10.1. The van der Waals surface area contributed by atoms with Crippen molar-refractivity contribution in [3.05, 3.63) is 36.7 Å². The zero-order chi connectivity index (χ0) is 27.7. The van der Waals surface area contributed by atoms with E-state index in [4.69, 9.17) is 31.1 Å². The minimum Gasteiger partial charge on any atom is -0.480 e. The summed E-state index contributed by atoms with van der Waals surface area (Å²) in [4.78, 5) is 23.8. The van der Waals surface area contributed by atoms with Crippen molar-refractivity contribution in [3.63, 3.8) is 0 Å². The number of carbonyl (C=O) groups is 1. The zero-order valence-electron chi connectivity index (χ0n) is 20.2. The predicted octanol–water partition coefficient (Wildman–Crippen LogP) is 2.27. The summed E-state index contributed by atoms with van der Waals surface area (Å²) in [5.74, 6) is -1.02. The van der Waals surface area contributed by atoms with Gasteiger partial charge < -0.3 is 30.5 Å². The van der Waals surface area contributed by atoms with Gasteiger partial charge in [0.25, 0.3) is 5.13 Å². The van der Waals surface area contributed by atoms with Gasteiger partial charge in [0, 0.05) is 7.05 Å². The summed E-state index contributed by atoms with van der Waals surface area (Å²) in [7, 11) is -2.79. The molecular weight excluding hydrogens is 548 g/mol. The molecule has 17 heteroatoms. The van der Waals surface area contributed by atoms with E-state index in [0.29, 0.717) is 0 Å². The number of ether oxygens (including phenoxy) is 1. The Balaban J connectivity index is 1.58. The molecule has 0 bridgehead atoms. The number of hydrogen-bond acceptors (Lipinski definition) is 11. The molecule has 1 saturated heterocycles. The first kappa shape index (κ1) is 28.0. The van der Waals surface area contributed by atoms with Gasteiger partial charge in [0.15, 0.2) is 23.2 Å². The summed E-state index contributed by atoms with van der Waals surface area (Å²) in [6.07, 6.45) is -3.83. The number of aromatic nitrogens is 4. The van der Waals surface area contributed by atoms with Crippen molar-refractivity contribution in [2.24, 2.45) is 0 Å². The third-order valence-corrected chi connectivity index (χ3v) is 7.68. The lowest BCUT2D eigenvalue weighted by molar-refractivity contribution is -0.139. The highest BCUT2D eigenvalue weighted by molar-refractivity contribution is 7.52. The highest BCUT2D eigenvalue weighted by atomic mass is 35.5. The van der Waals surface area contributed by atoms with Gasteiger partial charge in [-0.1, -0.05) is 36.7 Å². The number of alkyl halides is 2. The first-order chi connectivity index (χ1) is 18.0. The van der Waals surface area contributed by atoms with E-state index in [-0.39, 0.29) is 35.1 Å². The van der Waals surface area contributed by atoms with E-state index < -0.39 is 49.9 Å². The fourth-order valence-corrected chi connectivity index (χ4v) is 5.67. The van der Waals surface area contributed by atoms with Crippen LogP contribution >= 0.6 is 19.3 Å². The molecule has 0 aliphatic carbocycles. The Labute approximate surface area is 220 Å². The van der Waals surface area contributed by atoms with Gasteiger partial charge in [0.2, 0.25) is 5.95 Å². The van der Waals surface area contributed by atoms with E-state index in [9.17, 15) is 19.6 Å². The fraction of sp³-hybridized carbons (Fsp3) is 0.429. The molecule has 14 nitrogen and oxygen atoms in total. The second kappa shape index (κ2) is 11.0. The molecule has 6 N–H and O–H groups in total. The van der Waals surface area contributed by atoms with Crippen LogP contribution in [0.1, 0.15) is 19.6 Å². The number of nitrogens with two attached hydrogens (primary N) is 1. The van der Waals surface area contributed by atoms with Crippen molar-refractivity contribution in [2.75, 3.05) is 24.7 Å². The standard InChI is InChI=1S/C21H26ClFN7O7P/c1-3-12(18(32)33)29-38(34,37-11-7-5-4-6-8-11)35-9-13-15(31)21(22,23)19(36-13)30-10-26-14-16(25-2)27-20(24)28-17(14)30/h4-8,10,12-13,15,19,31H,3,9H2,1-2H3,(H,29,34)(H,32,33)(H3,24,25,27,28)/t12-,13+,15+,19+,21+,38?/m0/s1. The van der Waals surface area contributed by atoms with E-state index in [2.05, 4.69) is 25.4 Å². The van der Waals surface area contributed by atoms with Crippen molar-refractivity contribution in [2.45, 2.75) is 43.0 Å². The smallest absolute Gasteiger partial charge is 0.459 e. The molecular formula is C21H26ClFN7O7P. The number of rotatable bonds is 11. The predicted molar refractivity (Wildman–Crippen MR) is 134 cm³/mol.